The first kappa shape index (κ1) is 16.2. The van der Waals surface area contributed by atoms with Gasteiger partial charge in [-0.05, 0) is 50.8 Å². The van der Waals surface area contributed by atoms with Crippen molar-refractivity contribution in [1.82, 2.24) is 4.90 Å². The number of hydrogen-bond acceptors (Lipinski definition) is 2. The Labute approximate surface area is 130 Å². The SMILES string of the molecule is CCC(CC)CN(CC)C(=O)c1cc(Br)c(Br)s1. The fourth-order valence-corrected chi connectivity index (χ4v) is 3.83. The molecule has 1 aromatic rings. The van der Waals surface area contributed by atoms with Gasteiger partial charge in [-0.15, -0.1) is 11.3 Å². The highest BCUT2D eigenvalue weighted by Gasteiger charge is 2.20. The quantitative estimate of drug-likeness (QED) is 0.649. The third kappa shape index (κ3) is 4.07. The minimum absolute atomic E-state index is 0.140. The van der Waals surface area contributed by atoms with Gasteiger partial charge in [0.05, 0.1) is 8.66 Å². The summed E-state index contributed by atoms with van der Waals surface area (Å²) in [5, 5.41) is 0. The van der Waals surface area contributed by atoms with Gasteiger partial charge >= 0.3 is 0 Å². The number of nitrogens with zero attached hydrogens (tertiary/aromatic N) is 1. The Hall–Kier alpha value is 0.130. The van der Waals surface area contributed by atoms with Gasteiger partial charge in [0, 0.05) is 17.6 Å². The van der Waals surface area contributed by atoms with Crippen molar-refractivity contribution in [3.8, 4) is 0 Å². The molecule has 0 spiro atoms. The maximum Gasteiger partial charge on any atom is 0.263 e. The number of thiophene rings is 1. The molecule has 0 aromatic carbocycles. The molecule has 0 aliphatic heterocycles. The van der Waals surface area contributed by atoms with Crippen LogP contribution in [0.15, 0.2) is 14.3 Å². The minimum atomic E-state index is 0.140. The summed E-state index contributed by atoms with van der Waals surface area (Å²) in [4.78, 5) is 15.1. The molecule has 0 atom stereocenters. The van der Waals surface area contributed by atoms with Crippen LogP contribution in [-0.2, 0) is 0 Å². The Bertz CT molecular complexity index is 382. The summed E-state index contributed by atoms with van der Waals surface area (Å²) in [7, 11) is 0. The maximum absolute atomic E-state index is 12.4. The molecule has 1 rings (SSSR count). The van der Waals surface area contributed by atoms with Crippen LogP contribution < -0.4 is 0 Å². The van der Waals surface area contributed by atoms with Crippen molar-refractivity contribution in [2.24, 2.45) is 5.92 Å². The molecule has 102 valence electrons. The summed E-state index contributed by atoms with van der Waals surface area (Å²) in [6, 6.07) is 1.90. The zero-order chi connectivity index (χ0) is 13.7. The molecule has 5 heteroatoms. The first-order valence-electron chi connectivity index (χ1n) is 6.27. The van der Waals surface area contributed by atoms with E-state index in [1.165, 1.54) is 11.3 Å². The summed E-state index contributed by atoms with van der Waals surface area (Å²) in [5.41, 5.74) is 0. The minimum Gasteiger partial charge on any atom is -0.338 e. The van der Waals surface area contributed by atoms with E-state index in [0.29, 0.717) is 5.92 Å². The molecule has 0 radical (unpaired) electrons. The Kier molecular flexibility index (Phi) is 6.88. The van der Waals surface area contributed by atoms with Crippen LogP contribution in [0.5, 0.6) is 0 Å². The fourth-order valence-electron chi connectivity index (χ4n) is 1.82. The number of rotatable bonds is 6. The van der Waals surface area contributed by atoms with E-state index in [2.05, 4.69) is 45.7 Å². The van der Waals surface area contributed by atoms with Crippen molar-refractivity contribution in [2.75, 3.05) is 13.1 Å². The maximum atomic E-state index is 12.4. The molecule has 0 aliphatic rings. The molecular weight excluding hydrogens is 378 g/mol. The Morgan fingerprint density at radius 1 is 1.33 bits per heavy atom. The molecule has 0 N–H and O–H groups in total. The van der Waals surface area contributed by atoms with Crippen LogP contribution in [0.25, 0.3) is 0 Å². The molecule has 0 saturated heterocycles. The van der Waals surface area contributed by atoms with E-state index in [1.54, 1.807) is 0 Å². The van der Waals surface area contributed by atoms with Gasteiger partial charge in [-0.2, -0.15) is 0 Å². The van der Waals surface area contributed by atoms with E-state index < -0.39 is 0 Å². The lowest BCUT2D eigenvalue weighted by Gasteiger charge is -2.24. The first-order chi connectivity index (χ1) is 8.53. The lowest BCUT2D eigenvalue weighted by Crippen LogP contribution is -2.34. The first-order valence-corrected chi connectivity index (χ1v) is 8.67. The van der Waals surface area contributed by atoms with Gasteiger partial charge in [0.25, 0.3) is 5.91 Å². The fraction of sp³-hybridized carbons (Fsp3) is 0.615. The van der Waals surface area contributed by atoms with Crippen molar-refractivity contribution in [3.05, 3.63) is 19.2 Å². The van der Waals surface area contributed by atoms with E-state index in [-0.39, 0.29) is 5.91 Å². The van der Waals surface area contributed by atoms with Gasteiger partial charge in [-0.3, -0.25) is 4.79 Å². The highest BCUT2D eigenvalue weighted by molar-refractivity contribution is 9.13. The number of halogens is 2. The molecule has 0 fully saturated rings. The molecular formula is C13H19Br2NOS. The number of amides is 1. The van der Waals surface area contributed by atoms with Crippen LogP contribution in [0, 0.1) is 5.92 Å². The van der Waals surface area contributed by atoms with Gasteiger partial charge < -0.3 is 4.90 Å². The number of carbonyl (C=O) groups excluding carboxylic acids is 1. The number of carbonyl (C=O) groups is 1. The zero-order valence-electron chi connectivity index (χ0n) is 11.0. The summed E-state index contributed by atoms with van der Waals surface area (Å²) < 4.78 is 1.93. The molecule has 0 bridgehead atoms. The second-order valence-corrected chi connectivity index (χ2v) is 7.48. The molecule has 1 amide bonds. The van der Waals surface area contributed by atoms with Gasteiger partial charge in [-0.25, -0.2) is 0 Å². The van der Waals surface area contributed by atoms with Crippen LogP contribution in [0.3, 0.4) is 0 Å². The van der Waals surface area contributed by atoms with Crippen molar-refractivity contribution in [1.29, 1.82) is 0 Å². The summed E-state index contributed by atoms with van der Waals surface area (Å²) in [6.45, 7) is 8.03. The average molecular weight is 397 g/mol. The van der Waals surface area contributed by atoms with E-state index in [9.17, 15) is 4.79 Å². The molecule has 0 aliphatic carbocycles. The lowest BCUT2D eigenvalue weighted by molar-refractivity contribution is 0.0740. The van der Waals surface area contributed by atoms with Gasteiger partial charge in [0.15, 0.2) is 0 Å². The van der Waals surface area contributed by atoms with Crippen LogP contribution in [0.2, 0.25) is 0 Å². The van der Waals surface area contributed by atoms with E-state index in [4.69, 9.17) is 0 Å². The second-order valence-electron chi connectivity index (χ2n) is 4.26. The highest BCUT2D eigenvalue weighted by Crippen LogP contribution is 2.33. The van der Waals surface area contributed by atoms with Crippen LogP contribution in [-0.4, -0.2) is 23.9 Å². The molecule has 0 unspecified atom stereocenters. The Morgan fingerprint density at radius 2 is 1.94 bits per heavy atom. The van der Waals surface area contributed by atoms with Crippen molar-refractivity contribution in [2.45, 2.75) is 33.6 Å². The largest absolute Gasteiger partial charge is 0.338 e. The van der Waals surface area contributed by atoms with Crippen LogP contribution >= 0.6 is 43.2 Å². The molecule has 1 heterocycles. The molecule has 1 aromatic heterocycles. The normalized spacial score (nSPS) is 11.0. The Morgan fingerprint density at radius 3 is 2.33 bits per heavy atom. The van der Waals surface area contributed by atoms with Crippen molar-refractivity contribution in [3.63, 3.8) is 0 Å². The van der Waals surface area contributed by atoms with Crippen molar-refractivity contribution < 1.29 is 4.79 Å². The summed E-state index contributed by atoms with van der Waals surface area (Å²) in [5.74, 6) is 0.738. The second kappa shape index (κ2) is 7.65. The zero-order valence-corrected chi connectivity index (χ0v) is 15.0. The monoisotopic (exact) mass is 395 g/mol. The van der Waals surface area contributed by atoms with Gasteiger partial charge in [-0.1, -0.05) is 26.7 Å². The average Bonchev–Trinajstić information content (AvgIpc) is 2.70. The topological polar surface area (TPSA) is 20.3 Å². The van der Waals surface area contributed by atoms with Crippen LogP contribution in [0.1, 0.15) is 43.3 Å². The lowest BCUT2D eigenvalue weighted by atomic mass is 10.0. The van der Waals surface area contributed by atoms with Gasteiger partial charge in [0.1, 0.15) is 0 Å². The standard InChI is InChI=1S/C13H19Br2NOS/c1-4-9(5-2)8-16(6-3)13(17)11-7-10(14)12(15)18-11/h7,9H,4-6,8H2,1-3H3. The predicted molar refractivity (Wildman–Crippen MR) is 85.4 cm³/mol. The smallest absolute Gasteiger partial charge is 0.263 e. The molecule has 2 nitrogen and oxygen atoms in total. The summed E-state index contributed by atoms with van der Waals surface area (Å²) >= 11 is 8.35. The summed E-state index contributed by atoms with van der Waals surface area (Å²) in [6.07, 6.45) is 2.25. The van der Waals surface area contributed by atoms with Crippen molar-refractivity contribution >= 4 is 49.1 Å². The third-order valence-electron chi connectivity index (χ3n) is 3.16. The van der Waals surface area contributed by atoms with Crippen LogP contribution in [0.4, 0.5) is 0 Å². The van der Waals surface area contributed by atoms with E-state index >= 15 is 0 Å². The predicted octanol–water partition coefficient (Wildman–Crippen LogP) is 5.17. The van der Waals surface area contributed by atoms with E-state index in [1.807, 2.05) is 17.9 Å². The number of hydrogen-bond donors (Lipinski definition) is 0. The van der Waals surface area contributed by atoms with E-state index in [0.717, 1.165) is 39.1 Å². The Balaban J connectivity index is 2.79. The molecule has 0 saturated carbocycles. The third-order valence-corrected chi connectivity index (χ3v) is 6.40. The van der Waals surface area contributed by atoms with Gasteiger partial charge in [0.2, 0.25) is 0 Å². The highest BCUT2D eigenvalue weighted by atomic mass is 79.9. The molecule has 18 heavy (non-hydrogen) atoms.